The average molecular weight is 339 g/mol. The maximum absolute atomic E-state index is 12.8. The highest BCUT2D eigenvalue weighted by atomic mass is 16.5. The molecule has 0 aromatic heterocycles. The monoisotopic (exact) mass is 339 g/mol. The normalized spacial score (nSPS) is 11.8. The number of hydrogen-bond acceptors (Lipinski definition) is 2. The molecule has 1 atom stereocenters. The lowest BCUT2D eigenvalue weighted by Crippen LogP contribution is -2.28. The Morgan fingerprint density at radius 3 is 2.40 bits per heavy atom. The van der Waals surface area contributed by atoms with Crippen molar-refractivity contribution in [2.24, 2.45) is 0 Å². The van der Waals surface area contributed by atoms with Gasteiger partial charge in [0.25, 0.3) is 5.91 Å². The summed E-state index contributed by atoms with van der Waals surface area (Å²) >= 11 is 0. The third-order valence-corrected chi connectivity index (χ3v) is 4.30. The zero-order valence-corrected chi connectivity index (χ0v) is 15.3. The smallest absolute Gasteiger partial charge is 0.255 e. The Bertz CT molecular complexity index is 639. The van der Waals surface area contributed by atoms with Crippen LogP contribution in [0.3, 0.4) is 0 Å². The SMILES string of the molecule is CCCCCCOc1ccccc1C(=O)NC(CC)c1ccccc1. The first-order chi connectivity index (χ1) is 12.3. The Morgan fingerprint density at radius 2 is 1.68 bits per heavy atom. The van der Waals surface area contributed by atoms with E-state index in [9.17, 15) is 4.79 Å². The second kappa shape index (κ2) is 10.5. The second-order valence-corrected chi connectivity index (χ2v) is 6.25. The van der Waals surface area contributed by atoms with Gasteiger partial charge in [-0.3, -0.25) is 4.79 Å². The number of nitrogens with one attached hydrogen (secondary N) is 1. The Morgan fingerprint density at radius 1 is 0.960 bits per heavy atom. The average Bonchev–Trinajstić information content (AvgIpc) is 2.66. The van der Waals surface area contributed by atoms with Gasteiger partial charge in [-0.25, -0.2) is 0 Å². The lowest BCUT2D eigenvalue weighted by atomic mass is 10.0. The van der Waals surface area contributed by atoms with Gasteiger partial charge in [0.2, 0.25) is 0 Å². The summed E-state index contributed by atoms with van der Waals surface area (Å²) in [6.45, 7) is 4.92. The van der Waals surface area contributed by atoms with Crippen LogP contribution in [0.5, 0.6) is 5.75 Å². The number of rotatable bonds is 10. The Hall–Kier alpha value is -2.29. The first-order valence-electron chi connectivity index (χ1n) is 9.33. The Balaban J connectivity index is 2.01. The lowest BCUT2D eigenvalue weighted by Gasteiger charge is -2.19. The van der Waals surface area contributed by atoms with Crippen LogP contribution < -0.4 is 10.1 Å². The molecule has 0 bridgehead atoms. The molecule has 2 aromatic rings. The van der Waals surface area contributed by atoms with Crippen LogP contribution in [0.2, 0.25) is 0 Å². The molecule has 1 amide bonds. The van der Waals surface area contributed by atoms with Gasteiger partial charge in [0.05, 0.1) is 18.2 Å². The topological polar surface area (TPSA) is 38.3 Å². The van der Waals surface area contributed by atoms with E-state index in [1.165, 1.54) is 12.8 Å². The van der Waals surface area contributed by atoms with Crippen LogP contribution in [0, 0.1) is 0 Å². The summed E-state index contributed by atoms with van der Waals surface area (Å²) in [5, 5.41) is 3.13. The van der Waals surface area contributed by atoms with Crippen molar-refractivity contribution in [2.75, 3.05) is 6.61 Å². The highest BCUT2D eigenvalue weighted by molar-refractivity contribution is 5.97. The molecule has 1 N–H and O–H groups in total. The molecule has 2 aromatic carbocycles. The second-order valence-electron chi connectivity index (χ2n) is 6.25. The molecular formula is C22H29NO2. The number of para-hydroxylation sites is 1. The summed E-state index contributed by atoms with van der Waals surface area (Å²) in [7, 11) is 0. The largest absolute Gasteiger partial charge is 0.493 e. The molecule has 1 unspecified atom stereocenters. The van der Waals surface area contributed by atoms with Crippen LogP contribution in [0.4, 0.5) is 0 Å². The third kappa shape index (κ3) is 5.93. The van der Waals surface area contributed by atoms with E-state index < -0.39 is 0 Å². The van der Waals surface area contributed by atoms with Gasteiger partial charge in [-0.05, 0) is 30.5 Å². The van der Waals surface area contributed by atoms with E-state index in [1.807, 2.05) is 54.6 Å². The van der Waals surface area contributed by atoms with Crippen molar-refractivity contribution in [1.82, 2.24) is 5.32 Å². The fourth-order valence-corrected chi connectivity index (χ4v) is 2.83. The van der Waals surface area contributed by atoms with Crippen molar-refractivity contribution in [3.8, 4) is 5.75 Å². The number of ether oxygens (including phenoxy) is 1. The molecule has 134 valence electrons. The van der Waals surface area contributed by atoms with Crippen molar-refractivity contribution in [3.63, 3.8) is 0 Å². The molecule has 0 fully saturated rings. The standard InChI is InChI=1S/C22H29NO2/c1-3-5-6-12-17-25-21-16-11-10-15-19(21)22(24)23-20(4-2)18-13-8-7-9-14-18/h7-11,13-16,20H,3-6,12,17H2,1-2H3,(H,23,24). The zero-order chi connectivity index (χ0) is 17.9. The van der Waals surface area contributed by atoms with Gasteiger partial charge < -0.3 is 10.1 Å². The molecule has 0 saturated carbocycles. The number of amides is 1. The predicted molar refractivity (Wildman–Crippen MR) is 103 cm³/mol. The quantitative estimate of drug-likeness (QED) is 0.578. The van der Waals surface area contributed by atoms with E-state index in [1.54, 1.807) is 0 Å². The fourth-order valence-electron chi connectivity index (χ4n) is 2.83. The van der Waals surface area contributed by atoms with Gasteiger partial charge >= 0.3 is 0 Å². The minimum atomic E-state index is -0.0835. The number of hydrogen-bond donors (Lipinski definition) is 1. The van der Waals surface area contributed by atoms with E-state index in [0.717, 1.165) is 24.8 Å². The van der Waals surface area contributed by atoms with E-state index in [0.29, 0.717) is 17.9 Å². The Kier molecular flexibility index (Phi) is 8.03. The van der Waals surface area contributed by atoms with Crippen molar-refractivity contribution >= 4 is 5.91 Å². The molecule has 25 heavy (non-hydrogen) atoms. The minimum absolute atomic E-state index is 0.00584. The number of carbonyl (C=O) groups is 1. The third-order valence-electron chi connectivity index (χ3n) is 4.30. The summed E-state index contributed by atoms with van der Waals surface area (Å²) < 4.78 is 5.86. The van der Waals surface area contributed by atoms with Gasteiger partial charge in [0.15, 0.2) is 0 Å². The molecule has 0 aliphatic heterocycles. The van der Waals surface area contributed by atoms with Gasteiger partial charge in [-0.1, -0.05) is 75.6 Å². The van der Waals surface area contributed by atoms with Gasteiger partial charge in [-0.2, -0.15) is 0 Å². The van der Waals surface area contributed by atoms with Gasteiger partial charge in [-0.15, -0.1) is 0 Å². The molecule has 3 heteroatoms. The van der Waals surface area contributed by atoms with Crippen LogP contribution in [0.15, 0.2) is 54.6 Å². The molecular weight excluding hydrogens is 310 g/mol. The molecule has 0 radical (unpaired) electrons. The molecule has 3 nitrogen and oxygen atoms in total. The van der Waals surface area contributed by atoms with E-state index in [4.69, 9.17) is 4.74 Å². The minimum Gasteiger partial charge on any atom is -0.493 e. The number of unbranched alkanes of at least 4 members (excludes halogenated alkanes) is 3. The summed E-state index contributed by atoms with van der Waals surface area (Å²) in [5.74, 6) is 0.583. The maximum atomic E-state index is 12.8. The van der Waals surface area contributed by atoms with Gasteiger partial charge in [0, 0.05) is 0 Å². The molecule has 0 spiro atoms. The molecule has 2 rings (SSSR count). The summed E-state index contributed by atoms with van der Waals surface area (Å²) in [6, 6.07) is 17.6. The first kappa shape index (κ1) is 19.0. The lowest BCUT2D eigenvalue weighted by molar-refractivity contribution is 0.0931. The number of benzene rings is 2. The van der Waals surface area contributed by atoms with Crippen LogP contribution >= 0.6 is 0 Å². The van der Waals surface area contributed by atoms with Crippen molar-refractivity contribution < 1.29 is 9.53 Å². The van der Waals surface area contributed by atoms with Crippen molar-refractivity contribution in [1.29, 1.82) is 0 Å². The summed E-state index contributed by atoms with van der Waals surface area (Å²) in [6.07, 6.45) is 5.45. The highest BCUT2D eigenvalue weighted by Crippen LogP contribution is 2.21. The van der Waals surface area contributed by atoms with Crippen molar-refractivity contribution in [3.05, 3.63) is 65.7 Å². The van der Waals surface area contributed by atoms with Crippen LogP contribution in [-0.4, -0.2) is 12.5 Å². The highest BCUT2D eigenvalue weighted by Gasteiger charge is 2.17. The van der Waals surface area contributed by atoms with Crippen LogP contribution in [-0.2, 0) is 0 Å². The molecule has 0 aliphatic rings. The van der Waals surface area contributed by atoms with Gasteiger partial charge in [0.1, 0.15) is 5.75 Å². The predicted octanol–water partition coefficient (Wildman–Crippen LogP) is 5.53. The van der Waals surface area contributed by atoms with E-state index in [2.05, 4.69) is 19.2 Å². The molecule has 0 heterocycles. The zero-order valence-electron chi connectivity index (χ0n) is 15.3. The van der Waals surface area contributed by atoms with Crippen molar-refractivity contribution in [2.45, 2.75) is 52.0 Å². The molecule has 0 aliphatic carbocycles. The van der Waals surface area contributed by atoms with Crippen LogP contribution in [0.1, 0.15) is 67.9 Å². The first-order valence-corrected chi connectivity index (χ1v) is 9.33. The Labute approximate surface area is 151 Å². The maximum Gasteiger partial charge on any atom is 0.255 e. The van der Waals surface area contributed by atoms with E-state index in [-0.39, 0.29) is 11.9 Å². The molecule has 0 saturated heterocycles. The fraction of sp³-hybridized carbons (Fsp3) is 0.409. The summed E-state index contributed by atoms with van der Waals surface area (Å²) in [4.78, 5) is 12.8. The summed E-state index contributed by atoms with van der Waals surface area (Å²) in [5.41, 5.74) is 1.73. The number of carbonyl (C=O) groups excluding carboxylic acids is 1. The van der Waals surface area contributed by atoms with Crippen LogP contribution in [0.25, 0.3) is 0 Å². The van der Waals surface area contributed by atoms with E-state index >= 15 is 0 Å².